The van der Waals surface area contributed by atoms with E-state index in [0.717, 1.165) is 3.70 Å². The van der Waals surface area contributed by atoms with Gasteiger partial charge < -0.3 is 14.6 Å². The molecule has 0 unspecified atom stereocenters. The fourth-order valence-electron chi connectivity index (χ4n) is 1.39. The molecule has 0 atom stereocenters. The normalized spacial score (nSPS) is 11.5. The quantitative estimate of drug-likeness (QED) is 0.861. The van der Waals surface area contributed by atoms with Crippen LogP contribution in [-0.2, 0) is 6.54 Å². The third kappa shape index (κ3) is 3.66. The van der Waals surface area contributed by atoms with Crippen molar-refractivity contribution in [1.82, 2.24) is 14.5 Å². The van der Waals surface area contributed by atoms with Crippen molar-refractivity contribution in [2.75, 3.05) is 6.54 Å². The Hall–Kier alpha value is -0.790. The molecule has 0 aromatic carbocycles. The van der Waals surface area contributed by atoms with Gasteiger partial charge in [-0.05, 0) is 43.4 Å². The molecule has 0 aliphatic heterocycles. The number of amides is 1. The van der Waals surface area contributed by atoms with E-state index >= 15 is 0 Å². The minimum atomic E-state index is -0.887. The molecule has 5 nitrogen and oxygen atoms in total. The molecule has 0 saturated heterocycles. The van der Waals surface area contributed by atoms with Gasteiger partial charge in [-0.15, -0.1) is 0 Å². The van der Waals surface area contributed by atoms with Gasteiger partial charge >= 0.3 is 6.09 Å². The molecule has 1 rings (SSSR count). The van der Waals surface area contributed by atoms with Crippen LogP contribution in [0.25, 0.3) is 0 Å². The Morgan fingerprint density at radius 1 is 1.62 bits per heavy atom. The van der Waals surface area contributed by atoms with Crippen LogP contribution in [0, 0.1) is 3.70 Å². The van der Waals surface area contributed by atoms with Crippen molar-refractivity contribution in [3.63, 3.8) is 0 Å². The van der Waals surface area contributed by atoms with Gasteiger partial charge in [-0.1, -0.05) is 0 Å². The molecule has 1 aromatic rings. The minimum absolute atomic E-state index is 0.375. The number of hydrogen-bond acceptors (Lipinski definition) is 2. The van der Waals surface area contributed by atoms with Crippen molar-refractivity contribution in [2.24, 2.45) is 0 Å². The summed E-state index contributed by atoms with van der Waals surface area (Å²) in [5.74, 6) is 0. The summed E-state index contributed by atoms with van der Waals surface area (Å²) in [4.78, 5) is 16.6. The van der Waals surface area contributed by atoms with E-state index in [-0.39, 0.29) is 5.54 Å². The van der Waals surface area contributed by atoms with Crippen LogP contribution in [0.5, 0.6) is 0 Å². The van der Waals surface area contributed by atoms with E-state index in [9.17, 15) is 4.79 Å². The smallest absolute Gasteiger partial charge is 0.407 e. The Kier molecular flexibility index (Phi) is 4.17. The molecule has 0 radical (unpaired) electrons. The van der Waals surface area contributed by atoms with E-state index in [1.165, 1.54) is 4.90 Å². The topological polar surface area (TPSA) is 58.4 Å². The number of carbonyl (C=O) groups is 1. The molecule has 6 heteroatoms. The summed E-state index contributed by atoms with van der Waals surface area (Å²) in [6, 6.07) is 0. The van der Waals surface area contributed by atoms with Crippen LogP contribution in [0.15, 0.2) is 12.5 Å². The van der Waals surface area contributed by atoms with Crippen LogP contribution >= 0.6 is 22.6 Å². The Bertz CT molecular complexity index is 370. The van der Waals surface area contributed by atoms with Crippen molar-refractivity contribution < 1.29 is 9.90 Å². The lowest BCUT2D eigenvalue weighted by atomic mass is 10.1. The average molecular weight is 337 g/mol. The number of rotatable bonds is 3. The number of halogens is 1. The molecule has 16 heavy (non-hydrogen) atoms. The number of aromatic nitrogens is 2. The molecule has 0 spiro atoms. The second kappa shape index (κ2) is 5.03. The zero-order valence-corrected chi connectivity index (χ0v) is 11.8. The maximum Gasteiger partial charge on any atom is 0.407 e. The molecule has 1 N–H and O–H groups in total. The summed E-state index contributed by atoms with van der Waals surface area (Å²) in [6.07, 6.45) is 2.72. The van der Waals surface area contributed by atoms with Crippen molar-refractivity contribution in [3.8, 4) is 0 Å². The number of imidazole rings is 1. The van der Waals surface area contributed by atoms with Gasteiger partial charge in [0.15, 0.2) is 0 Å². The first kappa shape index (κ1) is 13.3. The third-order valence-electron chi connectivity index (χ3n) is 2.22. The van der Waals surface area contributed by atoms with Gasteiger partial charge in [-0.2, -0.15) is 0 Å². The summed E-state index contributed by atoms with van der Waals surface area (Å²) < 4.78 is 2.80. The molecule has 90 valence electrons. The summed E-state index contributed by atoms with van der Waals surface area (Å²) in [5, 5.41) is 9.09. The number of hydrogen-bond donors (Lipinski definition) is 1. The molecular formula is C10H16IN3O2. The highest BCUT2D eigenvalue weighted by atomic mass is 127. The Balaban J connectivity index is 2.61. The lowest BCUT2D eigenvalue weighted by molar-refractivity contribution is 0.0978. The van der Waals surface area contributed by atoms with Crippen molar-refractivity contribution in [3.05, 3.63) is 16.2 Å². The summed E-state index contributed by atoms with van der Waals surface area (Å²) in [5.41, 5.74) is -0.375. The molecule has 0 aliphatic carbocycles. The van der Waals surface area contributed by atoms with E-state index < -0.39 is 6.09 Å². The van der Waals surface area contributed by atoms with Crippen LogP contribution < -0.4 is 0 Å². The Morgan fingerprint density at radius 2 is 2.25 bits per heavy atom. The first-order valence-corrected chi connectivity index (χ1v) is 6.06. The van der Waals surface area contributed by atoms with Gasteiger partial charge in [-0.25, -0.2) is 9.78 Å². The van der Waals surface area contributed by atoms with E-state index in [0.29, 0.717) is 13.1 Å². The SMILES string of the molecule is CC(C)(C)N(CCn1cnc(I)c1)C(=O)O. The van der Waals surface area contributed by atoms with Crippen LogP contribution in [0.2, 0.25) is 0 Å². The number of nitrogens with zero attached hydrogens (tertiary/aromatic N) is 3. The molecule has 0 fully saturated rings. The summed E-state index contributed by atoms with van der Waals surface area (Å²) in [7, 11) is 0. The maximum atomic E-state index is 11.1. The lowest BCUT2D eigenvalue weighted by Gasteiger charge is -2.33. The summed E-state index contributed by atoms with van der Waals surface area (Å²) in [6.45, 7) is 6.75. The molecule has 1 amide bonds. The van der Waals surface area contributed by atoms with Crippen molar-refractivity contribution in [2.45, 2.75) is 32.9 Å². The van der Waals surface area contributed by atoms with E-state index in [2.05, 4.69) is 27.6 Å². The minimum Gasteiger partial charge on any atom is -0.465 e. The van der Waals surface area contributed by atoms with E-state index in [1.807, 2.05) is 31.5 Å². The second-order valence-corrected chi connectivity index (χ2v) is 5.64. The summed E-state index contributed by atoms with van der Waals surface area (Å²) >= 11 is 2.13. The average Bonchev–Trinajstić information content (AvgIpc) is 2.48. The lowest BCUT2D eigenvalue weighted by Crippen LogP contribution is -2.46. The maximum absolute atomic E-state index is 11.1. The molecule has 0 bridgehead atoms. The van der Waals surface area contributed by atoms with Gasteiger partial charge in [-0.3, -0.25) is 0 Å². The highest BCUT2D eigenvalue weighted by Gasteiger charge is 2.25. The van der Waals surface area contributed by atoms with Crippen molar-refractivity contribution >= 4 is 28.7 Å². The molecule has 0 saturated carbocycles. The van der Waals surface area contributed by atoms with Gasteiger partial charge in [0.2, 0.25) is 0 Å². The number of carboxylic acid groups (broad SMARTS) is 1. The van der Waals surface area contributed by atoms with Gasteiger partial charge in [0.05, 0.1) is 6.33 Å². The fourth-order valence-corrected chi connectivity index (χ4v) is 1.87. The van der Waals surface area contributed by atoms with Gasteiger partial charge in [0, 0.05) is 24.8 Å². The molecular weight excluding hydrogens is 321 g/mol. The second-order valence-electron chi connectivity index (χ2n) is 4.54. The Morgan fingerprint density at radius 3 is 2.62 bits per heavy atom. The van der Waals surface area contributed by atoms with Gasteiger partial charge in [0.25, 0.3) is 0 Å². The predicted molar refractivity (Wildman–Crippen MR) is 69.4 cm³/mol. The highest BCUT2D eigenvalue weighted by Crippen LogP contribution is 2.13. The van der Waals surface area contributed by atoms with Gasteiger partial charge in [0.1, 0.15) is 3.70 Å². The molecule has 1 aromatic heterocycles. The van der Waals surface area contributed by atoms with E-state index in [1.54, 1.807) is 6.33 Å². The largest absolute Gasteiger partial charge is 0.465 e. The standard InChI is InChI=1S/C10H16IN3O2/c1-10(2,3)14(9(15)16)5-4-13-6-8(11)12-7-13/h6-7H,4-5H2,1-3H3,(H,15,16). The monoisotopic (exact) mass is 337 g/mol. The van der Waals surface area contributed by atoms with E-state index in [4.69, 9.17) is 5.11 Å². The zero-order chi connectivity index (χ0) is 12.3. The highest BCUT2D eigenvalue weighted by molar-refractivity contribution is 14.1. The third-order valence-corrected chi connectivity index (χ3v) is 2.78. The van der Waals surface area contributed by atoms with Crippen LogP contribution in [0.3, 0.4) is 0 Å². The molecule has 0 aliphatic rings. The van der Waals surface area contributed by atoms with Crippen molar-refractivity contribution in [1.29, 1.82) is 0 Å². The first-order chi connectivity index (χ1) is 7.30. The molecule has 1 heterocycles. The predicted octanol–water partition coefficient (Wildman–Crippen LogP) is 2.27. The first-order valence-electron chi connectivity index (χ1n) is 4.98. The Labute approximate surface area is 109 Å². The fraction of sp³-hybridized carbons (Fsp3) is 0.600. The zero-order valence-electron chi connectivity index (χ0n) is 9.64. The van der Waals surface area contributed by atoms with Crippen LogP contribution in [0.1, 0.15) is 20.8 Å². The van der Waals surface area contributed by atoms with Crippen LogP contribution in [-0.4, -0.2) is 37.7 Å². The van der Waals surface area contributed by atoms with Crippen LogP contribution in [0.4, 0.5) is 4.79 Å².